The monoisotopic (exact) mass is 1330 g/mol. The third-order valence-electron chi connectivity index (χ3n) is 23.2. The molecule has 0 aromatic heterocycles. The number of rotatable bonds is 22. The number of aliphatic hydroxyl groups is 16. The van der Waals surface area contributed by atoms with Gasteiger partial charge in [0, 0.05) is 0 Å². The highest BCUT2D eigenvalue weighted by atomic mass is 16.8. The Bertz CT molecular complexity index is 2510. The van der Waals surface area contributed by atoms with Gasteiger partial charge in [-0.15, -0.1) is 0 Å². The van der Waals surface area contributed by atoms with Crippen molar-refractivity contribution in [1.82, 2.24) is 0 Å². The van der Waals surface area contributed by atoms with Gasteiger partial charge in [0.25, 0.3) is 0 Å². The summed E-state index contributed by atoms with van der Waals surface area (Å²) in [6, 6.07) is 0. The molecular weight excluding hydrogens is 1220 g/mol. The van der Waals surface area contributed by atoms with Crippen molar-refractivity contribution in [3.63, 3.8) is 0 Å². The molecule has 0 aromatic rings. The third-order valence-corrected chi connectivity index (χ3v) is 23.2. The van der Waals surface area contributed by atoms with Crippen LogP contribution in [0.5, 0.6) is 0 Å². The summed E-state index contributed by atoms with van der Waals surface area (Å²) < 4.78 is 65.7. The van der Waals surface area contributed by atoms with Crippen LogP contribution < -0.4 is 0 Å². The Hall–Kier alpha value is -2.36. The molecule has 0 aromatic carbocycles. The van der Waals surface area contributed by atoms with Crippen molar-refractivity contribution >= 4 is 11.9 Å². The molecule has 4 aliphatic carbocycles. The lowest BCUT2D eigenvalue weighted by atomic mass is 9.35. The molecule has 0 radical (unpaired) electrons. The van der Waals surface area contributed by atoms with Gasteiger partial charge in [-0.3, -0.25) is 9.59 Å². The second-order valence-corrected chi connectivity index (χ2v) is 29.1. The van der Waals surface area contributed by atoms with Gasteiger partial charge in [0.15, 0.2) is 31.5 Å². The average molecular weight is 1330 g/mol. The van der Waals surface area contributed by atoms with Crippen LogP contribution in [0.2, 0.25) is 0 Å². The number of carbonyl (C=O) groups excluding carboxylic acids is 1. The Labute approximate surface area is 533 Å². The minimum Gasteiger partial charge on any atom is -0.481 e. The molecule has 530 valence electrons. The Kier molecular flexibility index (Phi) is 23.2. The first-order chi connectivity index (χ1) is 43.1. The number of allylic oxidation sites excluding steroid dienone is 2. The Morgan fingerprint density at radius 2 is 1.04 bits per heavy atom. The third kappa shape index (κ3) is 13.8. The predicted molar refractivity (Wildman–Crippen MR) is 309 cm³/mol. The summed E-state index contributed by atoms with van der Waals surface area (Å²) in [5.74, 6) is -3.44. The number of aliphatic hydroxyl groups excluding tert-OH is 16. The molecule has 4 saturated carbocycles. The summed E-state index contributed by atoms with van der Waals surface area (Å²) in [5.41, 5.74) is -2.06. The maximum Gasteiger partial charge on any atom is 0.317 e. The van der Waals surface area contributed by atoms with Crippen molar-refractivity contribution in [2.45, 2.75) is 285 Å². The molecule has 9 fully saturated rings. The summed E-state index contributed by atoms with van der Waals surface area (Å²) in [6.07, 6.45) is -35.6. The smallest absolute Gasteiger partial charge is 0.317 e. The van der Waals surface area contributed by atoms with Gasteiger partial charge < -0.3 is 139 Å². The number of hydrogen-bond donors (Lipinski definition) is 17. The van der Waals surface area contributed by atoms with E-state index < -0.39 is 233 Å². The van der Waals surface area contributed by atoms with E-state index in [0.29, 0.717) is 44.9 Å². The zero-order chi connectivity index (χ0) is 67.6. The van der Waals surface area contributed by atoms with Crippen LogP contribution in [0, 0.1) is 45.3 Å². The van der Waals surface area contributed by atoms with Gasteiger partial charge in [0.2, 0.25) is 0 Å². The van der Waals surface area contributed by atoms with Crippen molar-refractivity contribution in [1.29, 1.82) is 0 Å². The molecular formula is C62H102O30. The number of aliphatic carboxylic acids is 1. The molecule has 0 amide bonds. The molecule has 9 aliphatic rings. The molecule has 92 heavy (non-hydrogen) atoms. The maximum absolute atomic E-state index is 13.0. The highest BCUT2D eigenvalue weighted by molar-refractivity contribution is 5.90. The number of fused-ring (bicyclic) bond motifs is 5. The number of carbonyl (C=O) groups is 2. The topological polar surface area (TPSA) is 480 Å². The molecule has 17 N–H and O–H groups in total. The fourth-order valence-corrected chi connectivity index (χ4v) is 17.9. The zero-order valence-corrected chi connectivity index (χ0v) is 53.4. The van der Waals surface area contributed by atoms with E-state index in [1.165, 1.54) is 0 Å². The maximum atomic E-state index is 13.0. The number of hydrogen-bond acceptors (Lipinski definition) is 29. The lowest BCUT2D eigenvalue weighted by Gasteiger charge is -2.71. The van der Waals surface area contributed by atoms with Gasteiger partial charge in [0.1, 0.15) is 129 Å². The quantitative estimate of drug-likeness (QED) is 0.0215. The van der Waals surface area contributed by atoms with Crippen molar-refractivity contribution in [2.75, 3.05) is 33.0 Å². The molecule has 30 nitrogen and oxygen atoms in total. The van der Waals surface area contributed by atoms with E-state index in [2.05, 4.69) is 40.7 Å². The van der Waals surface area contributed by atoms with E-state index in [1.54, 1.807) is 0 Å². The minimum atomic E-state index is -1.97. The molecule has 9 rings (SSSR count). The zero-order valence-electron chi connectivity index (χ0n) is 53.4. The first-order valence-corrected chi connectivity index (χ1v) is 32.3. The SMILES string of the molecule is CC(C)=CCC[C@](C)(O[C@@H]1O[C@H](CO[C@@H]2O[C@H](CO)[C@@H](O)[C@H](O[C@@H]3O[C@H](CO)[C@@H](O)[C@@H]3O)[C@H]2O)[C@@H](O)[C@H](O)[C@H]1O)[C@H]1CC[C@]2(C)[C@@H]1[C@H](O)C[C@@H]1[C@@]3(C)CC[C@H](O[C@@H]4O[C@H](CO)[C@@H](O)[C@H](O)[C@H]4O[C@@H]4O[C@H](COC(=O)CC(=O)O)[C@@H](O)[C@H](O)[C@H]4O)C(C)(C)[C@@H]3CC[C@]12C. The van der Waals surface area contributed by atoms with Gasteiger partial charge in [-0.25, -0.2) is 0 Å². The van der Waals surface area contributed by atoms with E-state index in [-0.39, 0.29) is 29.1 Å². The van der Waals surface area contributed by atoms with E-state index in [9.17, 15) is 91.3 Å². The average Bonchev–Trinajstić information content (AvgIpc) is 1.24. The van der Waals surface area contributed by atoms with Crippen molar-refractivity contribution in [3.05, 3.63) is 11.6 Å². The largest absolute Gasteiger partial charge is 0.481 e. The fraction of sp³-hybridized carbons (Fsp3) is 0.935. The van der Waals surface area contributed by atoms with Crippen LogP contribution in [-0.2, 0) is 61.7 Å². The van der Waals surface area contributed by atoms with E-state index in [1.807, 2.05) is 20.8 Å². The molecule has 0 unspecified atom stereocenters. The lowest BCUT2D eigenvalue weighted by Crippen LogP contribution is -2.68. The van der Waals surface area contributed by atoms with Crippen LogP contribution in [0.1, 0.15) is 120 Å². The highest BCUT2D eigenvalue weighted by Crippen LogP contribution is 2.76. The van der Waals surface area contributed by atoms with E-state index in [0.717, 1.165) is 18.4 Å². The van der Waals surface area contributed by atoms with Gasteiger partial charge in [-0.1, -0.05) is 46.3 Å². The van der Waals surface area contributed by atoms with Crippen molar-refractivity contribution in [3.8, 4) is 0 Å². The summed E-state index contributed by atoms with van der Waals surface area (Å²) in [6.45, 7) is 13.2. The van der Waals surface area contributed by atoms with Crippen LogP contribution >= 0.6 is 0 Å². The standard InChI is InChI=1S/C62H102O30/c1-25(2)10-9-14-62(8,92-56-49(80)45(76)42(73)32(88-56)24-83-53-50(81)51(43(74)30(22-65)84-53)90-54-47(78)40(71)29(21-64)85-54)26-11-16-61(7)38(26)27(66)18-34-59(5)15-13-35(58(3,4)33(59)12-17-60(34,61)6)89-57-52(46(77)39(70)28(20-63)86-57)91-55-48(79)44(75)41(72)31(87-55)23-82-37(69)19-36(67)68/h10,26-35,38-57,63-66,70-81H,9,11-24H2,1-8H3,(H,67,68)/t26-,27+,28+,29+,30+,31+,32+,33-,34+,35-,38-,39+,40+,41+,42+,43+,44-,45-,46-,47-,48+,49+,50+,51-,52+,53+,54-,55-,56-,57-,59-,60+,61+,62-/m0/s1. The van der Waals surface area contributed by atoms with Crippen LogP contribution in [0.4, 0.5) is 0 Å². The van der Waals surface area contributed by atoms with Gasteiger partial charge in [-0.2, -0.15) is 0 Å². The summed E-state index contributed by atoms with van der Waals surface area (Å²) in [7, 11) is 0. The molecule has 5 aliphatic heterocycles. The second kappa shape index (κ2) is 28.8. The number of carboxylic acid groups (broad SMARTS) is 1. The molecule has 5 heterocycles. The van der Waals surface area contributed by atoms with Crippen LogP contribution in [0.15, 0.2) is 11.6 Å². The Morgan fingerprint density at radius 1 is 0.533 bits per heavy atom. The van der Waals surface area contributed by atoms with Crippen LogP contribution in [0.25, 0.3) is 0 Å². The van der Waals surface area contributed by atoms with Crippen LogP contribution in [-0.4, -0.2) is 297 Å². The van der Waals surface area contributed by atoms with Gasteiger partial charge in [-0.05, 0) is 124 Å². The Balaban J connectivity index is 0.905. The molecule has 30 heteroatoms. The molecule has 0 bridgehead atoms. The van der Waals surface area contributed by atoms with E-state index >= 15 is 0 Å². The number of esters is 1. The Morgan fingerprint density at radius 3 is 1.65 bits per heavy atom. The number of ether oxygens (including phenoxy) is 11. The van der Waals surface area contributed by atoms with Gasteiger partial charge in [0.05, 0.1) is 44.2 Å². The predicted octanol–water partition coefficient (Wildman–Crippen LogP) is -3.71. The van der Waals surface area contributed by atoms with Crippen molar-refractivity contribution < 1.29 is 149 Å². The van der Waals surface area contributed by atoms with E-state index in [4.69, 9.17) is 57.2 Å². The highest BCUT2D eigenvalue weighted by Gasteiger charge is 2.72. The molecule has 5 saturated heterocycles. The minimum absolute atomic E-state index is 0.0397. The van der Waals surface area contributed by atoms with Crippen LogP contribution in [0.3, 0.4) is 0 Å². The normalized spacial score (nSPS) is 50.0. The van der Waals surface area contributed by atoms with Gasteiger partial charge >= 0.3 is 11.9 Å². The summed E-state index contributed by atoms with van der Waals surface area (Å²) >= 11 is 0. The lowest BCUT2D eigenvalue weighted by molar-refractivity contribution is -0.378. The second-order valence-electron chi connectivity index (χ2n) is 29.1. The first kappa shape index (κ1) is 73.9. The fourth-order valence-electron chi connectivity index (χ4n) is 17.9. The number of carboxylic acids is 1. The first-order valence-electron chi connectivity index (χ1n) is 32.3. The summed E-state index contributed by atoms with van der Waals surface area (Å²) in [4.78, 5) is 23.1. The summed E-state index contributed by atoms with van der Waals surface area (Å²) in [5, 5.41) is 185. The molecule has 0 spiro atoms. The van der Waals surface area contributed by atoms with Crippen molar-refractivity contribution in [2.24, 2.45) is 45.3 Å². The molecule has 34 atom stereocenters.